The van der Waals surface area contributed by atoms with E-state index >= 15 is 0 Å². The van der Waals surface area contributed by atoms with Gasteiger partial charge in [-0.15, -0.1) is 11.8 Å². The number of hydrogen-bond acceptors (Lipinski definition) is 3. The normalized spacial score (nSPS) is 13.2. The van der Waals surface area contributed by atoms with Crippen LogP contribution in [0.5, 0.6) is 0 Å². The van der Waals surface area contributed by atoms with Crippen molar-refractivity contribution < 1.29 is 9.59 Å². The van der Waals surface area contributed by atoms with E-state index in [9.17, 15) is 9.59 Å². The van der Waals surface area contributed by atoms with Crippen LogP contribution in [0.25, 0.3) is 0 Å². The molecule has 0 unspecified atom stereocenters. The van der Waals surface area contributed by atoms with E-state index in [2.05, 4.69) is 18.3 Å². The zero-order chi connectivity index (χ0) is 18.5. The number of rotatable bonds is 5. The van der Waals surface area contributed by atoms with Gasteiger partial charge in [0.25, 0.3) is 0 Å². The van der Waals surface area contributed by atoms with Gasteiger partial charge in [0.15, 0.2) is 0 Å². The largest absolute Gasteiger partial charge is 0.352 e. The summed E-state index contributed by atoms with van der Waals surface area (Å²) in [6.45, 7) is 5.30. The first-order chi connectivity index (χ1) is 12.5. The molecule has 1 N–H and O–H groups in total. The number of fused-ring (bicyclic) bond motifs is 1. The third-order valence-corrected chi connectivity index (χ3v) is 5.61. The maximum Gasteiger partial charge on any atom is 0.227 e. The van der Waals surface area contributed by atoms with Crippen LogP contribution in [-0.4, -0.2) is 24.1 Å². The third kappa shape index (κ3) is 4.47. The number of thioether (sulfide) groups is 1. The zero-order valence-electron chi connectivity index (χ0n) is 15.2. The van der Waals surface area contributed by atoms with Crippen LogP contribution in [0.1, 0.15) is 29.5 Å². The van der Waals surface area contributed by atoms with Crippen LogP contribution < -0.4 is 10.2 Å². The van der Waals surface area contributed by atoms with Gasteiger partial charge in [0.05, 0.1) is 5.69 Å². The Labute approximate surface area is 159 Å². The van der Waals surface area contributed by atoms with Gasteiger partial charge in [-0.25, -0.2) is 0 Å². The minimum atomic E-state index is -0.0852. The number of para-hydroxylation sites is 1. The summed E-state index contributed by atoms with van der Waals surface area (Å²) in [5.41, 5.74) is 4.45. The summed E-state index contributed by atoms with van der Waals surface area (Å²) in [6.07, 6.45) is 0.452. The van der Waals surface area contributed by atoms with Gasteiger partial charge in [-0.3, -0.25) is 9.59 Å². The van der Waals surface area contributed by atoms with Gasteiger partial charge >= 0.3 is 0 Å². The Balaban J connectivity index is 1.51. The summed E-state index contributed by atoms with van der Waals surface area (Å²) >= 11 is 1.77. The van der Waals surface area contributed by atoms with Gasteiger partial charge in [0.2, 0.25) is 11.8 Å². The monoisotopic (exact) mass is 368 g/mol. The molecule has 26 heavy (non-hydrogen) atoms. The highest BCUT2D eigenvalue weighted by Gasteiger charge is 2.22. The van der Waals surface area contributed by atoms with Gasteiger partial charge in [0.1, 0.15) is 0 Å². The van der Waals surface area contributed by atoms with Gasteiger partial charge in [-0.2, -0.15) is 0 Å². The minimum absolute atomic E-state index is 0.0133. The molecule has 1 heterocycles. The average molecular weight is 369 g/mol. The Morgan fingerprint density at radius 1 is 1.12 bits per heavy atom. The Morgan fingerprint density at radius 3 is 2.73 bits per heavy atom. The van der Waals surface area contributed by atoms with Crippen molar-refractivity contribution in [3.63, 3.8) is 0 Å². The molecule has 1 aliphatic rings. The second-order valence-corrected chi connectivity index (χ2v) is 7.70. The SMILES string of the molecule is Cc1ccc(CNC(=O)CCC(=O)N2CCSc3ccccc32)c(C)c1. The minimum Gasteiger partial charge on any atom is -0.352 e. The molecule has 5 heteroatoms. The Kier molecular flexibility index (Phi) is 5.99. The highest BCUT2D eigenvalue weighted by atomic mass is 32.2. The lowest BCUT2D eigenvalue weighted by Crippen LogP contribution is -2.36. The molecule has 2 aromatic carbocycles. The van der Waals surface area contributed by atoms with E-state index in [1.54, 1.807) is 11.8 Å². The van der Waals surface area contributed by atoms with Crippen LogP contribution in [0.2, 0.25) is 0 Å². The van der Waals surface area contributed by atoms with E-state index in [-0.39, 0.29) is 24.7 Å². The standard InChI is InChI=1S/C21H24N2O2S/c1-15-7-8-17(16(2)13-15)14-22-20(24)9-10-21(25)23-11-12-26-19-6-4-3-5-18(19)23/h3-8,13H,9-12,14H2,1-2H3,(H,22,24). The lowest BCUT2D eigenvalue weighted by Gasteiger charge is -2.29. The predicted molar refractivity (Wildman–Crippen MR) is 107 cm³/mol. The highest BCUT2D eigenvalue weighted by molar-refractivity contribution is 7.99. The summed E-state index contributed by atoms with van der Waals surface area (Å²) < 4.78 is 0. The molecule has 3 rings (SSSR count). The topological polar surface area (TPSA) is 49.4 Å². The molecule has 0 atom stereocenters. The van der Waals surface area contributed by atoms with Crippen molar-refractivity contribution in [1.29, 1.82) is 0 Å². The van der Waals surface area contributed by atoms with Crippen molar-refractivity contribution in [1.82, 2.24) is 5.32 Å². The highest BCUT2D eigenvalue weighted by Crippen LogP contribution is 2.34. The molecular weight excluding hydrogens is 344 g/mol. The number of benzene rings is 2. The first-order valence-electron chi connectivity index (χ1n) is 8.89. The van der Waals surface area contributed by atoms with E-state index in [1.807, 2.05) is 48.2 Å². The van der Waals surface area contributed by atoms with E-state index in [0.717, 1.165) is 21.9 Å². The number of hydrogen-bond donors (Lipinski definition) is 1. The summed E-state index contributed by atoms with van der Waals surface area (Å²) in [4.78, 5) is 27.6. The molecule has 136 valence electrons. The number of carbonyl (C=O) groups is 2. The molecule has 2 aromatic rings. The van der Waals surface area contributed by atoms with Crippen molar-refractivity contribution >= 4 is 29.3 Å². The molecule has 0 saturated heterocycles. The number of nitrogens with zero attached hydrogens (tertiary/aromatic N) is 1. The van der Waals surface area contributed by atoms with Crippen molar-refractivity contribution in [2.24, 2.45) is 0 Å². The molecule has 2 amide bonds. The van der Waals surface area contributed by atoms with E-state index < -0.39 is 0 Å². The lowest BCUT2D eigenvalue weighted by atomic mass is 10.1. The van der Waals surface area contributed by atoms with Gasteiger partial charge in [-0.1, -0.05) is 35.9 Å². The van der Waals surface area contributed by atoms with Crippen LogP contribution in [0.3, 0.4) is 0 Å². The van der Waals surface area contributed by atoms with Crippen molar-refractivity contribution in [2.45, 2.75) is 38.1 Å². The second-order valence-electron chi connectivity index (χ2n) is 6.57. The van der Waals surface area contributed by atoms with E-state index in [4.69, 9.17) is 0 Å². The summed E-state index contributed by atoms with van der Waals surface area (Å²) in [6, 6.07) is 14.1. The fraction of sp³-hybridized carbons (Fsp3) is 0.333. The predicted octanol–water partition coefficient (Wildman–Crippen LogP) is 3.84. The Bertz CT molecular complexity index is 819. The number of nitrogens with one attached hydrogen (secondary N) is 1. The maximum atomic E-state index is 12.6. The van der Waals surface area contributed by atoms with Crippen molar-refractivity contribution in [3.05, 3.63) is 59.2 Å². The van der Waals surface area contributed by atoms with Crippen LogP contribution in [0.15, 0.2) is 47.4 Å². The molecule has 4 nitrogen and oxygen atoms in total. The van der Waals surface area contributed by atoms with Gasteiger partial charge in [0, 0.05) is 36.6 Å². The maximum absolute atomic E-state index is 12.6. The quantitative estimate of drug-likeness (QED) is 0.872. The molecule has 0 bridgehead atoms. The van der Waals surface area contributed by atoms with Crippen molar-refractivity contribution in [2.75, 3.05) is 17.2 Å². The molecular formula is C21H24N2O2S. The first kappa shape index (κ1) is 18.5. The molecule has 0 saturated carbocycles. The van der Waals surface area contributed by atoms with Crippen LogP contribution in [0.4, 0.5) is 5.69 Å². The number of aryl methyl sites for hydroxylation is 2. The molecule has 0 aromatic heterocycles. The summed E-state index contributed by atoms with van der Waals surface area (Å²) in [7, 11) is 0. The van der Waals surface area contributed by atoms with Gasteiger partial charge < -0.3 is 10.2 Å². The Hall–Kier alpha value is -2.27. The van der Waals surface area contributed by atoms with Crippen LogP contribution >= 0.6 is 11.8 Å². The van der Waals surface area contributed by atoms with Crippen molar-refractivity contribution in [3.8, 4) is 0 Å². The van der Waals surface area contributed by atoms with E-state index in [0.29, 0.717) is 13.1 Å². The molecule has 0 spiro atoms. The fourth-order valence-electron chi connectivity index (χ4n) is 3.11. The zero-order valence-corrected chi connectivity index (χ0v) is 16.1. The summed E-state index contributed by atoms with van der Waals surface area (Å²) in [5.74, 6) is 0.819. The molecule has 0 aliphatic carbocycles. The average Bonchev–Trinajstić information content (AvgIpc) is 2.65. The third-order valence-electron chi connectivity index (χ3n) is 4.57. The van der Waals surface area contributed by atoms with E-state index in [1.165, 1.54) is 11.1 Å². The summed E-state index contributed by atoms with van der Waals surface area (Å²) in [5, 5.41) is 2.92. The second kappa shape index (κ2) is 8.41. The smallest absolute Gasteiger partial charge is 0.227 e. The van der Waals surface area contributed by atoms with Gasteiger partial charge in [-0.05, 0) is 37.1 Å². The first-order valence-corrected chi connectivity index (χ1v) is 9.88. The number of anilines is 1. The Morgan fingerprint density at radius 2 is 1.92 bits per heavy atom. The number of carbonyl (C=O) groups excluding carboxylic acids is 2. The fourth-order valence-corrected chi connectivity index (χ4v) is 4.11. The lowest BCUT2D eigenvalue weighted by molar-refractivity contribution is -0.125. The molecule has 0 fully saturated rings. The molecule has 0 radical (unpaired) electrons. The van der Waals surface area contributed by atoms with Crippen LogP contribution in [-0.2, 0) is 16.1 Å². The van der Waals surface area contributed by atoms with Crippen LogP contribution in [0, 0.1) is 13.8 Å². The number of amides is 2. The molecule has 1 aliphatic heterocycles.